The van der Waals surface area contributed by atoms with Crippen LogP contribution >= 0.6 is 204 Å². The minimum absolute atomic E-state index is 0. The number of nitriles is 3. The standard InChI is InChI=1S/2C11H12Br2FN3O2S.C10H9Br2FN2O4S2.C8H3Br2FN2O2.C8H5Br2FN2.C7H11NO2.C6HBr2F2NO2.C6H3F2NO2.C2H6O.C2H6.ClH.H2O4S/c2*1-20(18,19)17-8-5-7(14)6(10(12)11(8)13)4-9-15-2-3-16-9;1-20(16,17)15(21(2,18)19)8-5-7(13)6(3-4-14)9(11)10(8)12;9-7-4(1-2-12)5(11)3-6(8(7)10)13(14)15;9-7-4(1-2-12)5(11)3-6(13)8(7)10;1-7(2,3)10-6(9)5-8-4;7-4-3(11(12)13)1-2(9)6(10)5(4)8;7-5-2-1-4(9(10)11)3-6(5)8;1-2-3;1-2;;1-5(2,3)4/h2*5,17H,2-4H2,1H3,(H,15,16);5H,3H2,1-2H3;3H,1H2;3H,1,13H2;5H2,1-3H3;1H;1-3H;3H,2H2,1H3;1-2H3;1H;(H2,1,2,3,4). The number of aliphatic hydroxyl groups excluding tert-OH is 1. The highest BCUT2D eigenvalue weighted by Gasteiger charge is 2.33. The SMILES string of the molecule is CC.CCO.CS(=O)(=O)N(c1cc(F)c(CC#N)c(Br)c1Br)S(C)(=O)=O.CS(=O)(=O)Nc1cc(F)c(CC2=NCCN2)c(Br)c1Br.CS(=O)(=O)Nc1cc(F)c(CC2=NCCN2)c(Br)c1Br.Cl.N#CCc1c(F)cc(N)c(Br)c1Br.N#CCc1c(F)cc([N+](=O)[O-])c(Br)c1Br.O=S(=O)(O)O.O=[N+]([O-])c1cc(F)c(F)c(Br)c1Br.O=[N+]([O-])c1ccc(F)c(F)c1.[C-]#[N+]CC(=O)OC(C)(C)C. The van der Waals surface area contributed by atoms with Crippen LogP contribution in [0, 0.1) is 123 Å². The number of benzene rings is 7. The summed E-state index contributed by atoms with van der Waals surface area (Å²) in [5.74, 6) is -6.84. The van der Waals surface area contributed by atoms with Crippen molar-refractivity contribution in [1.29, 1.82) is 15.8 Å². The second-order valence-corrected chi connectivity index (χ2v) is 43.0. The summed E-state index contributed by atoms with van der Waals surface area (Å²) in [6.07, 6.45) is 3.66. The van der Waals surface area contributed by atoms with Crippen molar-refractivity contribution in [1.82, 2.24) is 10.6 Å². The molecule has 0 aromatic heterocycles. The van der Waals surface area contributed by atoms with E-state index in [9.17, 15) is 108 Å². The van der Waals surface area contributed by atoms with E-state index >= 15 is 0 Å². The summed E-state index contributed by atoms with van der Waals surface area (Å²) >= 11 is 37.0. The minimum Gasteiger partial charge on any atom is -0.454 e. The molecule has 0 amide bonds. The Morgan fingerprint density at radius 3 is 1.17 bits per heavy atom. The van der Waals surface area contributed by atoms with Gasteiger partial charge in [0.05, 0.1) is 148 Å². The topological polar surface area (TPSA) is 565 Å². The number of nitrogens with two attached hydrogens (primary N) is 1. The van der Waals surface area contributed by atoms with Gasteiger partial charge in [-0.25, -0.2) is 84.6 Å². The molecule has 0 atom stereocenters. The molecule has 0 spiro atoms. The van der Waals surface area contributed by atoms with E-state index in [1.165, 1.54) is 6.07 Å². The summed E-state index contributed by atoms with van der Waals surface area (Å²) in [5, 5.41) is 70.0. The van der Waals surface area contributed by atoms with Crippen LogP contribution in [0.3, 0.4) is 0 Å². The second kappa shape index (κ2) is 61.0. The van der Waals surface area contributed by atoms with E-state index in [1.807, 2.05) is 19.9 Å². The third-order valence-corrected chi connectivity index (χ3v) is 31.4. The quantitative estimate of drug-likeness (QED) is 0.00455. The molecule has 2 aliphatic rings. The van der Waals surface area contributed by atoms with Crippen molar-refractivity contribution in [2.45, 2.75) is 79.2 Å². The molecule has 0 saturated carbocycles. The maximum atomic E-state index is 14.2. The fraction of sp³-hybridized carbons (Fsp3) is 0.310. The molecule has 0 unspecified atom stereocenters. The molecule has 0 fully saturated rings. The van der Waals surface area contributed by atoms with Crippen LogP contribution in [0.1, 0.15) is 69.4 Å². The first kappa shape index (κ1) is 131. The van der Waals surface area contributed by atoms with Gasteiger partial charge in [0.2, 0.25) is 40.1 Å². The lowest BCUT2D eigenvalue weighted by Crippen LogP contribution is -2.35. The highest BCUT2D eigenvalue weighted by atomic mass is 79.9. The van der Waals surface area contributed by atoms with Crippen molar-refractivity contribution in [2.24, 2.45) is 9.98 Å². The number of nitro benzene ring substituents is 3. The lowest BCUT2D eigenvalue weighted by molar-refractivity contribution is -0.386. The van der Waals surface area contributed by atoms with Crippen LogP contribution in [0.15, 0.2) is 118 Å². The number of sulfonamides is 4. The molecule has 740 valence electrons. The summed E-state index contributed by atoms with van der Waals surface area (Å²) in [6, 6.07) is 13.1. The molecule has 0 saturated heterocycles. The summed E-state index contributed by atoms with van der Waals surface area (Å²) in [5.41, 5.74) is 5.15. The number of hydrogen-bond donors (Lipinski definition) is 8. The van der Waals surface area contributed by atoms with Crippen molar-refractivity contribution in [2.75, 3.05) is 83.2 Å². The minimum atomic E-state index is -4.67. The van der Waals surface area contributed by atoms with Crippen LogP contribution in [-0.4, -0.2) is 159 Å². The Bertz CT molecular complexity index is 6150. The number of aliphatic hydroxyl groups is 1. The monoisotopic (exact) mass is 2780 g/mol. The van der Waals surface area contributed by atoms with Gasteiger partial charge in [-0.3, -0.25) is 58.9 Å². The highest BCUT2D eigenvalue weighted by Crippen LogP contribution is 2.43. The third kappa shape index (κ3) is 46.9. The van der Waals surface area contributed by atoms with E-state index in [2.05, 4.69) is 226 Å². The normalized spacial score (nSPS) is 11.5. The number of hydrogen-bond acceptors (Lipinski definition) is 27. The molecule has 9 N–H and O–H groups in total. The van der Waals surface area contributed by atoms with Gasteiger partial charge in [0.1, 0.15) is 55.3 Å². The van der Waals surface area contributed by atoms with Gasteiger partial charge in [0.25, 0.3) is 17.1 Å². The van der Waals surface area contributed by atoms with Gasteiger partial charge < -0.3 is 31.1 Å². The average Bonchev–Trinajstić information content (AvgIpc) is 0.879. The molecular weight excluding hydrogens is 2720 g/mol. The summed E-state index contributed by atoms with van der Waals surface area (Å²) in [6.45, 7) is 20.3. The van der Waals surface area contributed by atoms with E-state index in [0.717, 1.165) is 67.6 Å². The Kier molecular flexibility index (Phi) is 59.9. The number of ether oxygens (including phenoxy) is 1. The lowest BCUT2D eigenvalue weighted by atomic mass is 10.1. The number of non-ortho nitro benzene ring substituents is 1. The Hall–Kier alpha value is -6.64. The van der Waals surface area contributed by atoms with Crippen LogP contribution in [0.5, 0.6) is 0 Å². The third-order valence-electron chi connectivity index (χ3n) is 13.8. The molecule has 0 bridgehead atoms. The van der Waals surface area contributed by atoms with E-state index in [4.69, 9.17) is 55.5 Å². The molecule has 63 heteroatoms. The first-order valence-corrected chi connectivity index (χ1v) is 53.3. The number of carbonyl (C=O) groups excluding carboxylic acids is 1. The number of rotatable bonds is 18. The van der Waals surface area contributed by atoms with Gasteiger partial charge >= 0.3 is 22.9 Å². The van der Waals surface area contributed by atoms with Crippen LogP contribution in [-0.2, 0) is 92.1 Å². The van der Waals surface area contributed by atoms with Gasteiger partial charge in [-0.15, -0.1) is 12.4 Å². The largest absolute Gasteiger partial charge is 0.454 e. The predicted molar refractivity (Wildman–Crippen MR) is 529 cm³/mol. The molecule has 134 heavy (non-hydrogen) atoms. The van der Waals surface area contributed by atoms with Crippen molar-refractivity contribution in [3.63, 3.8) is 0 Å². The van der Waals surface area contributed by atoms with Gasteiger partial charge in [-0.1, -0.05) is 13.8 Å². The molecule has 2 aliphatic heterocycles. The van der Waals surface area contributed by atoms with Gasteiger partial charge in [-0.05, 0) is 243 Å². The zero-order valence-electron chi connectivity index (χ0n) is 69.6. The Labute approximate surface area is 869 Å². The van der Waals surface area contributed by atoms with Crippen LogP contribution < -0.4 is 29.5 Å². The number of nitrogens with zero attached hydrogens (tertiary/aromatic N) is 10. The molecule has 0 aliphatic carbocycles. The van der Waals surface area contributed by atoms with E-state index in [-0.39, 0.29) is 104 Å². The number of nitrogens with one attached hydrogen (secondary N) is 4. The molecule has 7 aromatic carbocycles. The molecule has 36 nitrogen and oxygen atoms in total. The number of amidine groups is 2. The Morgan fingerprint density at radius 1 is 0.530 bits per heavy atom. The summed E-state index contributed by atoms with van der Waals surface area (Å²) < 4.78 is 254. The number of carbonyl (C=O) groups is 1. The van der Waals surface area contributed by atoms with E-state index in [1.54, 1.807) is 39.8 Å². The summed E-state index contributed by atoms with van der Waals surface area (Å²) in [4.78, 5) is 50.5. The molecule has 7 aromatic rings. The van der Waals surface area contributed by atoms with Crippen LogP contribution in [0.4, 0.5) is 79.3 Å². The molecule has 0 radical (unpaired) electrons. The molecular formula is C71H71Br12ClF9N15O21S5. The molecule has 2 heterocycles. The Morgan fingerprint density at radius 2 is 0.858 bits per heavy atom. The predicted octanol–water partition coefficient (Wildman–Crippen LogP) is 20.3. The van der Waals surface area contributed by atoms with Gasteiger partial charge in [0.15, 0.2) is 23.3 Å². The van der Waals surface area contributed by atoms with Crippen molar-refractivity contribution in [3.05, 3.63) is 230 Å². The number of esters is 1. The van der Waals surface area contributed by atoms with Crippen molar-refractivity contribution < 1.29 is 120 Å². The first-order chi connectivity index (χ1) is 60.9. The maximum absolute atomic E-state index is 14.2. The zero-order chi connectivity index (χ0) is 104. The average molecular weight is 2800 g/mol. The van der Waals surface area contributed by atoms with Crippen molar-refractivity contribution in [3.8, 4) is 18.2 Å². The van der Waals surface area contributed by atoms with E-state index in [0.29, 0.717) is 106 Å². The van der Waals surface area contributed by atoms with Gasteiger partial charge in [0, 0.05) is 101 Å². The zero-order valence-corrected chi connectivity index (χ0v) is 93.5. The van der Waals surface area contributed by atoms with E-state index < -0.39 is 146 Å². The fourth-order valence-electron chi connectivity index (χ4n) is 8.82. The number of halogens is 22. The highest BCUT2D eigenvalue weighted by molar-refractivity contribution is 9.14. The smallest absolute Gasteiger partial charge is 0.394 e. The second-order valence-electron chi connectivity index (χ2n) is 25.2. The van der Waals surface area contributed by atoms with Crippen LogP contribution in [0.2, 0.25) is 0 Å². The van der Waals surface area contributed by atoms with Crippen LogP contribution in [0.25, 0.3) is 4.85 Å². The van der Waals surface area contributed by atoms with Crippen molar-refractivity contribution >= 4 is 312 Å². The van der Waals surface area contributed by atoms with Gasteiger partial charge in [-0.2, -0.15) is 27.9 Å². The molecule has 9 rings (SSSR count). The maximum Gasteiger partial charge on any atom is 0.394 e. The summed E-state index contributed by atoms with van der Waals surface area (Å²) in [7, 11) is -20.0. The number of anilines is 4. The number of aliphatic imine (C=N–C) groups is 2. The number of nitrogen functional groups attached to an aromatic ring is 1. The lowest BCUT2D eigenvalue weighted by Gasteiger charge is -2.22. The first-order valence-electron chi connectivity index (χ1n) is 34.9. The fourth-order valence-corrected chi connectivity index (χ4v) is 19.2. The number of nitro groups is 3. The Balaban J connectivity index is -0.00000146.